The number of nitrogens with zero attached hydrogens (tertiary/aromatic N) is 1. The number of piperidine rings is 1. The second-order valence-electron chi connectivity index (χ2n) is 6.42. The minimum atomic E-state index is -0.984. The van der Waals surface area contributed by atoms with Crippen LogP contribution in [0.4, 0.5) is 0 Å². The van der Waals surface area contributed by atoms with Crippen molar-refractivity contribution in [2.75, 3.05) is 19.7 Å². The van der Waals surface area contributed by atoms with E-state index in [0.717, 1.165) is 18.6 Å². The van der Waals surface area contributed by atoms with Crippen LogP contribution >= 0.6 is 0 Å². The Labute approximate surface area is 141 Å². The summed E-state index contributed by atoms with van der Waals surface area (Å²) in [6.45, 7) is 2.02. The molecule has 1 aromatic rings. The molecule has 2 atom stereocenters. The van der Waals surface area contributed by atoms with E-state index in [9.17, 15) is 9.59 Å². The molecule has 0 aromatic heterocycles. The van der Waals surface area contributed by atoms with Crippen molar-refractivity contribution in [1.29, 1.82) is 0 Å². The molecule has 6 heteroatoms. The number of ether oxygens (including phenoxy) is 2. The fourth-order valence-corrected chi connectivity index (χ4v) is 3.25. The van der Waals surface area contributed by atoms with E-state index in [0.29, 0.717) is 38.5 Å². The van der Waals surface area contributed by atoms with Crippen molar-refractivity contribution in [1.82, 2.24) is 4.90 Å². The van der Waals surface area contributed by atoms with Crippen LogP contribution in [-0.4, -0.2) is 53.8 Å². The predicted octanol–water partition coefficient (Wildman–Crippen LogP) is 1.94. The van der Waals surface area contributed by atoms with Crippen LogP contribution in [0.1, 0.15) is 25.7 Å². The summed E-state index contributed by atoms with van der Waals surface area (Å²) in [5.74, 6) is 0.254. The zero-order valence-electron chi connectivity index (χ0n) is 13.6. The summed E-state index contributed by atoms with van der Waals surface area (Å²) in [5.41, 5.74) is 0. The van der Waals surface area contributed by atoms with Gasteiger partial charge in [0.1, 0.15) is 11.9 Å². The molecule has 24 heavy (non-hydrogen) atoms. The number of amides is 1. The van der Waals surface area contributed by atoms with Crippen LogP contribution < -0.4 is 4.74 Å². The van der Waals surface area contributed by atoms with E-state index in [1.54, 1.807) is 4.90 Å². The van der Waals surface area contributed by atoms with Gasteiger partial charge in [0.15, 0.2) is 6.10 Å². The van der Waals surface area contributed by atoms with Crippen LogP contribution in [0.15, 0.2) is 30.3 Å². The molecule has 2 fully saturated rings. The molecule has 0 aliphatic carbocycles. The van der Waals surface area contributed by atoms with Crippen LogP contribution in [0, 0.1) is 5.92 Å². The van der Waals surface area contributed by atoms with E-state index in [-0.39, 0.29) is 5.91 Å². The third-order valence-corrected chi connectivity index (χ3v) is 4.73. The second-order valence-corrected chi connectivity index (χ2v) is 6.42. The summed E-state index contributed by atoms with van der Waals surface area (Å²) in [6, 6.07) is 9.73. The topological polar surface area (TPSA) is 76.1 Å². The Bertz CT molecular complexity index is 568. The molecule has 0 unspecified atom stereocenters. The molecule has 0 bridgehead atoms. The molecule has 1 amide bonds. The van der Waals surface area contributed by atoms with Gasteiger partial charge >= 0.3 is 5.97 Å². The summed E-state index contributed by atoms with van der Waals surface area (Å²) in [7, 11) is 0. The molecule has 1 N–H and O–H groups in total. The van der Waals surface area contributed by atoms with Crippen molar-refractivity contribution in [3.63, 3.8) is 0 Å². The van der Waals surface area contributed by atoms with Gasteiger partial charge in [0.2, 0.25) is 0 Å². The highest BCUT2D eigenvalue weighted by Crippen LogP contribution is 2.25. The summed E-state index contributed by atoms with van der Waals surface area (Å²) >= 11 is 0. The molecule has 0 saturated carbocycles. The monoisotopic (exact) mass is 333 g/mol. The lowest BCUT2D eigenvalue weighted by molar-refractivity contribution is -0.155. The van der Waals surface area contributed by atoms with Crippen molar-refractivity contribution in [2.24, 2.45) is 5.92 Å². The first-order chi connectivity index (χ1) is 11.6. The number of benzene rings is 1. The van der Waals surface area contributed by atoms with E-state index in [1.807, 2.05) is 30.3 Å². The summed E-state index contributed by atoms with van der Waals surface area (Å²) in [4.78, 5) is 25.1. The standard InChI is InChI=1S/C18H23NO5/c20-17(15-6-7-16(24-15)18(21)22)19-10-8-13(9-11-19)12-23-14-4-2-1-3-5-14/h1-5,13,15-16H,6-12H2,(H,21,22)/t15-,16+/m0/s1. The van der Waals surface area contributed by atoms with Gasteiger partial charge in [-0.2, -0.15) is 0 Å². The summed E-state index contributed by atoms with van der Waals surface area (Å²) < 4.78 is 11.1. The minimum absolute atomic E-state index is 0.0684. The largest absolute Gasteiger partial charge is 0.493 e. The van der Waals surface area contributed by atoms with Gasteiger partial charge in [0.05, 0.1) is 6.61 Å². The zero-order chi connectivity index (χ0) is 16.9. The van der Waals surface area contributed by atoms with Gasteiger partial charge in [0.25, 0.3) is 5.91 Å². The molecule has 3 rings (SSSR count). The van der Waals surface area contributed by atoms with Gasteiger partial charge in [-0.15, -0.1) is 0 Å². The summed E-state index contributed by atoms with van der Waals surface area (Å²) in [5, 5.41) is 8.95. The minimum Gasteiger partial charge on any atom is -0.493 e. The molecule has 0 radical (unpaired) electrons. The quantitative estimate of drug-likeness (QED) is 0.891. The Hall–Kier alpha value is -2.08. The average Bonchev–Trinajstić information content (AvgIpc) is 3.11. The number of carbonyl (C=O) groups excluding carboxylic acids is 1. The second kappa shape index (κ2) is 7.66. The highest BCUT2D eigenvalue weighted by molar-refractivity contribution is 5.82. The zero-order valence-corrected chi connectivity index (χ0v) is 13.6. The van der Waals surface area contributed by atoms with Crippen LogP contribution in [0.5, 0.6) is 5.75 Å². The lowest BCUT2D eigenvalue weighted by atomic mass is 9.97. The van der Waals surface area contributed by atoms with Gasteiger partial charge in [-0.05, 0) is 43.7 Å². The van der Waals surface area contributed by atoms with Crippen LogP contribution in [0.3, 0.4) is 0 Å². The fourth-order valence-electron chi connectivity index (χ4n) is 3.25. The van der Waals surface area contributed by atoms with Gasteiger partial charge in [-0.3, -0.25) is 4.79 Å². The average molecular weight is 333 g/mol. The van der Waals surface area contributed by atoms with Gasteiger partial charge in [0, 0.05) is 13.1 Å². The van der Waals surface area contributed by atoms with Crippen molar-refractivity contribution < 1.29 is 24.2 Å². The number of carboxylic acids is 1. The number of aliphatic carboxylic acids is 1. The Morgan fingerprint density at radius 2 is 1.75 bits per heavy atom. The molecule has 2 saturated heterocycles. The Morgan fingerprint density at radius 1 is 1.08 bits per heavy atom. The van der Waals surface area contributed by atoms with Gasteiger partial charge < -0.3 is 19.5 Å². The third kappa shape index (κ3) is 4.06. The van der Waals surface area contributed by atoms with E-state index >= 15 is 0 Å². The van der Waals surface area contributed by atoms with E-state index in [2.05, 4.69) is 0 Å². The lowest BCUT2D eigenvalue weighted by Crippen LogP contribution is -2.44. The first kappa shape index (κ1) is 16.8. The number of carbonyl (C=O) groups is 2. The van der Waals surface area contributed by atoms with Crippen molar-refractivity contribution >= 4 is 11.9 Å². The maximum Gasteiger partial charge on any atom is 0.332 e. The van der Waals surface area contributed by atoms with Gasteiger partial charge in [-0.1, -0.05) is 18.2 Å². The highest BCUT2D eigenvalue weighted by Gasteiger charge is 2.37. The SMILES string of the molecule is O=C(O)[C@H]1CC[C@@H](C(=O)N2CCC(COc3ccccc3)CC2)O1. The van der Waals surface area contributed by atoms with Crippen molar-refractivity contribution in [3.05, 3.63) is 30.3 Å². The summed E-state index contributed by atoms with van der Waals surface area (Å²) in [6.07, 6.45) is 1.26. The smallest absolute Gasteiger partial charge is 0.332 e. The van der Waals surface area contributed by atoms with Crippen molar-refractivity contribution in [2.45, 2.75) is 37.9 Å². The van der Waals surface area contributed by atoms with Crippen LogP contribution in [0.2, 0.25) is 0 Å². The fraction of sp³-hybridized carbons (Fsp3) is 0.556. The van der Waals surface area contributed by atoms with E-state index in [1.165, 1.54) is 0 Å². The first-order valence-corrected chi connectivity index (χ1v) is 8.48. The maximum atomic E-state index is 12.4. The number of carboxylic acid groups (broad SMARTS) is 1. The maximum absolute atomic E-state index is 12.4. The van der Waals surface area contributed by atoms with Gasteiger partial charge in [-0.25, -0.2) is 4.79 Å². The lowest BCUT2D eigenvalue weighted by Gasteiger charge is -2.33. The third-order valence-electron chi connectivity index (χ3n) is 4.73. The molecule has 1 aromatic carbocycles. The Balaban J connectivity index is 1.42. The molecular weight excluding hydrogens is 310 g/mol. The molecule has 130 valence electrons. The first-order valence-electron chi connectivity index (χ1n) is 8.48. The number of hydrogen-bond acceptors (Lipinski definition) is 4. The molecule has 2 aliphatic heterocycles. The van der Waals surface area contributed by atoms with Crippen LogP contribution in [-0.2, 0) is 14.3 Å². The number of likely N-dealkylation sites (tertiary alicyclic amines) is 1. The molecule has 6 nitrogen and oxygen atoms in total. The number of para-hydroxylation sites is 1. The molecule has 2 aliphatic rings. The Morgan fingerprint density at radius 3 is 2.38 bits per heavy atom. The highest BCUT2D eigenvalue weighted by atomic mass is 16.5. The molecular formula is C18H23NO5. The Kier molecular flexibility index (Phi) is 5.35. The van der Waals surface area contributed by atoms with E-state index < -0.39 is 18.2 Å². The molecule has 2 heterocycles. The van der Waals surface area contributed by atoms with Crippen LogP contribution in [0.25, 0.3) is 0 Å². The normalized spacial score (nSPS) is 24.8. The number of hydrogen-bond donors (Lipinski definition) is 1. The van der Waals surface area contributed by atoms with E-state index in [4.69, 9.17) is 14.6 Å². The number of rotatable bonds is 5. The van der Waals surface area contributed by atoms with Crippen molar-refractivity contribution in [3.8, 4) is 5.75 Å². The predicted molar refractivity (Wildman–Crippen MR) is 86.8 cm³/mol. The molecule has 0 spiro atoms.